The van der Waals surface area contributed by atoms with E-state index in [0.29, 0.717) is 19.6 Å². The molecular weight excluding hydrogens is 272 g/mol. The third-order valence-corrected chi connectivity index (χ3v) is 4.79. The molecule has 0 aliphatic carbocycles. The molecule has 0 saturated carbocycles. The van der Waals surface area contributed by atoms with E-state index in [1.54, 1.807) is 6.07 Å². The maximum absolute atomic E-state index is 13.3. The molecule has 1 aliphatic heterocycles. The predicted octanol–water partition coefficient (Wildman–Crippen LogP) is -1.26. The molecule has 8 heteroatoms. The predicted molar refractivity (Wildman–Crippen MR) is 70.2 cm³/mol. The third-order valence-electron chi connectivity index (χ3n) is 3.18. The highest BCUT2D eigenvalue weighted by atomic mass is 32.2. The minimum Gasteiger partial charge on any atom is -0.423 e. The molecule has 2 rings (SSSR count). The molecule has 5 nitrogen and oxygen atoms in total. The van der Waals surface area contributed by atoms with Crippen LogP contribution in [0.5, 0.6) is 0 Å². The average molecular weight is 287 g/mol. The van der Waals surface area contributed by atoms with Gasteiger partial charge in [-0.1, -0.05) is 12.1 Å². The minimum atomic E-state index is -2.92. The molecule has 1 fully saturated rings. The van der Waals surface area contributed by atoms with E-state index in [0.717, 1.165) is 5.56 Å². The smallest absolute Gasteiger partial charge is 0.423 e. The maximum atomic E-state index is 13.3. The van der Waals surface area contributed by atoms with Crippen molar-refractivity contribution in [2.24, 2.45) is 0 Å². The van der Waals surface area contributed by atoms with E-state index in [1.807, 2.05) is 4.90 Å². The fraction of sp³-hybridized carbons (Fsp3) is 0.455. The Bertz CT molecular complexity index is 550. The maximum Gasteiger partial charge on any atom is 0.491 e. The van der Waals surface area contributed by atoms with Gasteiger partial charge in [-0.3, -0.25) is 4.90 Å². The molecule has 2 N–H and O–H groups in total. The monoisotopic (exact) mass is 287 g/mol. The summed E-state index contributed by atoms with van der Waals surface area (Å²) in [6, 6.07) is 4.14. The van der Waals surface area contributed by atoms with Gasteiger partial charge in [0.05, 0.1) is 11.5 Å². The first kappa shape index (κ1) is 14.5. The van der Waals surface area contributed by atoms with E-state index in [4.69, 9.17) is 10.0 Å². The Morgan fingerprint density at radius 2 is 1.89 bits per heavy atom. The highest BCUT2D eigenvalue weighted by Gasteiger charge is 2.22. The SMILES string of the molecule is O=S1(=O)CCN(Cc2ccc(F)c(B(O)O)c2)CC1. The van der Waals surface area contributed by atoms with Crippen molar-refractivity contribution in [3.05, 3.63) is 29.6 Å². The lowest BCUT2D eigenvalue weighted by atomic mass is 9.79. The summed E-state index contributed by atoms with van der Waals surface area (Å²) in [6.45, 7) is 1.35. The van der Waals surface area contributed by atoms with E-state index in [-0.39, 0.29) is 17.0 Å². The van der Waals surface area contributed by atoms with Crippen LogP contribution < -0.4 is 5.46 Å². The summed E-state index contributed by atoms with van der Waals surface area (Å²) in [7, 11) is -4.76. The van der Waals surface area contributed by atoms with Gasteiger partial charge in [0, 0.05) is 25.1 Å². The number of hydrogen-bond donors (Lipinski definition) is 2. The molecule has 0 unspecified atom stereocenters. The molecule has 0 bridgehead atoms. The largest absolute Gasteiger partial charge is 0.491 e. The molecule has 1 aromatic carbocycles. The number of benzene rings is 1. The summed E-state index contributed by atoms with van der Waals surface area (Å²) in [5.74, 6) is -0.409. The van der Waals surface area contributed by atoms with Gasteiger partial charge in [0.1, 0.15) is 5.82 Å². The second-order valence-electron chi connectivity index (χ2n) is 4.66. The molecule has 1 saturated heterocycles. The zero-order valence-corrected chi connectivity index (χ0v) is 11.1. The Hall–Kier alpha value is -0.955. The highest BCUT2D eigenvalue weighted by molar-refractivity contribution is 7.91. The van der Waals surface area contributed by atoms with Gasteiger partial charge in [0.15, 0.2) is 9.84 Å². The average Bonchev–Trinajstić information content (AvgIpc) is 2.34. The summed E-state index contributed by atoms with van der Waals surface area (Å²) >= 11 is 0. The van der Waals surface area contributed by atoms with Gasteiger partial charge in [-0.2, -0.15) is 0 Å². The van der Waals surface area contributed by atoms with E-state index < -0.39 is 22.8 Å². The molecule has 1 aliphatic rings. The molecule has 0 aromatic heterocycles. The van der Waals surface area contributed by atoms with Crippen LogP contribution in [0.2, 0.25) is 0 Å². The van der Waals surface area contributed by atoms with Crippen molar-refractivity contribution in [1.82, 2.24) is 4.90 Å². The van der Waals surface area contributed by atoms with Gasteiger partial charge in [-0.15, -0.1) is 0 Å². The first-order chi connectivity index (χ1) is 8.87. The number of rotatable bonds is 3. The zero-order chi connectivity index (χ0) is 14.0. The van der Waals surface area contributed by atoms with Crippen LogP contribution in [-0.4, -0.2) is 55.1 Å². The van der Waals surface area contributed by atoms with Crippen LogP contribution in [0.1, 0.15) is 5.56 Å². The van der Waals surface area contributed by atoms with Crippen molar-refractivity contribution in [2.75, 3.05) is 24.6 Å². The molecule has 1 aromatic rings. The zero-order valence-electron chi connectivity index (χ0n) is 10.3. The van der Waals surface area contributed by atoms with Crippen molar-refractivity contribution < 1.29 is 22.9 Å². The molecule has 104 valence electrons. The Morgan fingerprint density at radius 3 is 2.47 bits per heavy atom. The number of sulfone groups is 1. The van der Waals surface area contributed by atoms with Gasteiger partial charge in [-0.05, 0) is 11.6 Å². The van der Waals surface area contributed by atoms with Crippen LogP contribution >= 0.6 is 0 Å². The number of hydrogen-bond acceptors (Lipinski definition) is 5. The van der Waals surface area contributed by atoms with E-state index in [2.05, 4.69) is 0 Å². The minimum absolute atomic E-state index is 0.129. The van der Waals surface area contributed by atoms with Crippen molar-refractivity contribution in [3.8, 4) is 0 Å². The first-order valence-corrected chi connectivity index (χ1v) is 7.77. The Balaban J connectivity index is 2.06. The molecule has 19 heavy (non-hydrogen) atoms. The van der Waals surface area contributed by atoms with E-state index in [1.165, 1.54) is 12.1 Å². The van der Waals surface area contributed by atoms with Crippen molar-refractivity contribution >= 4 is 22.4 Å². The lowest BCUT2D eigenvalue weighted by Gasteiger charge is -2.26. The summed E-state index contributed by atoms with van der Waals surface area (Å²) in [6.07, 6.45) is 0. The van der Waals surface area contributed by atoms with Gasteiger partial charge < -0.3 is 10.0 Å². The molecule has 0 atom stereocenters. The lowest BCUT2D eigenvalue weighted by molar-refractivity contribution is 0.287. The van der Waals surface area contributed by atoms with Gasteiger partial charge in [0.25, 0.3) is 0 Å². The Kier molecular flexibility index (Phi) is 4.24. The first-order valence-electron chi connectivity index (χ1n) is 5.95. The molecule has 0 amide bonds. The topological polar surface area (TPSA) is 77.8 Å². The van der Waals surface area contributed by atoms with Crippen molar-refractivity contribution in [2.45, 2.75) is 6.54 Å². The van der Waals surface area contributed by atoms with Crippen LogP contribution in [-0.2, 0) is 16.4 Å². The lowest BCUT2D eigenvalue weighted by Crippen LogP contribution is -2.40. The Labute approximate surface area is 111 Å². The number of halogens is 1. The fourth-order valence-electron chi connectivity index (χ4n) is 2.06. The van der Waals surface area contributed by atoms with Gasteiger partial charge >= 0.3 is 7.12 Å². The normalized spacial score (nSPS) is 19.3. The second-order valence-corrected chi connectivity index (χ2v) is 6.96. The van der Waals surface area contributed by atoms with Crippen molar-refractivity contribution in [1.29, 1.82) is 0 Å². The van der Waals surface area contributed by atoms with Gasteiger partial charge in [0.2, 0.25) is 0 Å². The van der Waals surface area contributed by atoms with Crippen LogP contribution in [0.4, 0.5) is 4.39 Å². The fourth-order valence-corrected chi connectivity index (χ4v) is 3.33. The quantitative estimate of drug-likeness (QED) is 0.678. The van der Waals surface area contributed by atoms with Crippen LogP contribution in [0.3, 0.4) is 0 Å². The third kappa shape index (κ3) is 3.76. The standard InChI is InChI=1S/C11H15BFNO4S/c13-11-2-1-9(7-10(11)12(15)16)8-14-3-5-19(17,18)6-4-14/h1-2,7,15-16H,3-6,8H2. The summed E-state index contributed by atoms with van der Waals surface area (Å²) in [4.78, 5) is 1.95. The summed E-state index contributed by atoms with van der Waals surface area (Å²) < 4.78 is 35.9. The van der Waals surface area contributed by atoms with Crippen LogP contribution in [0.25, 0.3) is 0 Å². The highest BCUT2D eigenvalue weighted by Crippen LogP contribution is 2.10. The van der Waals surface area contributed by atoms with Crippen molar-refractivity contribution in [3.63, 3.8) is 0 Å². The molecule has 1 heterocycles. The molecular formula is C11H15BFNO4S. The molecule has 0 radical (unpaired) electrons. The Morgan fingerprint density at radius 1 is 1.26 bits per heavy atom. The van der Waals surface area contributed by atoms with E-state index >= 15 is 0 Å². The van der Waals surface area contributed by atoms with E-state index in [9.17, 15) is 12.8 Å². The van der Waals surface area contributed by atoms with Crippen LogP contribution in [0.15, 0.2) is 18.2 Å². The molecule has 0 spiro atoms. The number of nitrogens with zero attached hydrogens (tertiary/aromatic N) is 1. The van der Waals surface area contributed by atoms with Crippen LogP contribution in [0, 0.1) is 5.82 Å². The van der Waals surface area contributed by atoms with Gasteiger partial charge in [-0.25, -0.2) is 12.8 Å². The summed E-state index contributed by atoms with van der Waals surface area (Å²) in [5.41, 5.74) is 0.561. The summed E-state index contributed by atoms with van der Waals surface area (Å²) in [5, 5.41) is 18.1. The second kappa shape index (κ2) is 5.58.